The molecule has 5 nitrogen and oxygen atoms in total. The van der Waals surface area contributed by atoms with Crippen molar-refractivity contribution in [3.63, 3.8) is 0 Å². The van der Waals surface area contributed by atoms with E-state index in [1.807, 2.05) is 13.0 Å². The molecule has 140 valence electrons. The van der Waals surface area contributed by atoms with Gasteiger partial charge in [-0.15, -0.1) is 0 Å². The third kappa shape index (κ3) is 5.64. The van der Waals surface area contributed by atoms with Gasteiger partial charge < -0.3 is 5.32 Å². The molecule has 1 aromatic rings. The molecule has 1 heterocycles. The molecule has 0 radical (unpaired) electrons. The molecule has 0 aliphatic carbocycles. The van der Waals surface area contributed by atoms with E-state index in [9.17, 15) is 13.2 Å². The molecule has 1 fully saturated rings. The summed E-state index contributed by atoms with van der Waals surface area (Å²) in [6, 6.07) is 5.27. The molecule has 2 rings (SSSR count). The predicted molar refractivity (Wildman–Crippen MR) is 106 cm³/mol. The monoisotopic (exact) mass is 384 g/mol. The second-order valence-corrected chi connectivity index (χ2v) is 11.2. The third-order valence-corrected chi connectivity index (χ3v) is 7.14. The average molecular weight is 385 g/mol. The number of sulfonamides is 1. The number of carbonyl (C=O) groups is 1. The number of aryl methyl sites for hydroxylation is 1. The molecule has 0 saturated carbocycles. The van der Waals surface area contributed by atoms with Gasteiger partial charge in [-0.2, -0.15) is 11.8 Å². The van der Waals surface area contributed by atoms with Gasteiger partial charge in [0.05, 0.1) is 11.4 Å². The molecule has 0 atom stereocenters. The van der Waals surface area contributed by atoms with Crippen molar-refractivity contribution in [2.45, 2.75) is 45.3 Å². The fourth-order valence-electron chi connectivity index (χ4n) is 2.70. The number of thioether (sulfide) groups is 1. The smallest absolute Gasteiger partial charge is 0.251 e. The van der Waals surface area contributed by atoms with Crippen molar-refractivity contribution in [3.05, 3.63) is 29.3 Å². The number of amides is 1. The molecule has 0 bridgehead atoms. The minimum Gasteiger partial charge on any atom is -0.351 e. The van der Waals surface area contributed by atoms with E-state index in [1.165, 1.54) is 4.31 Å². The fraction of sp³-hybridized carbons (Fsp3) is 0.611. The van der Waals surface area contributed by atoms with Crippen LogP contribution in [0, 0.1) is 6.92 Å². The Morgan fingerprint density at radius 3 is 2.64 bits per heavy atom. The topological polar surface area (TPSA) is 66.5 Å². The summed E-state index contributed by atoms with van der Waals surface area (Å²) in [5, 5.41) is 2.91. The summed E-state index contributed by atoms with van der Waals surface area (Å²) >= 11 is 1.80. The molecule has 1 amide bonds. The molecule has 1 saturated heterocycles. The van der Waals surface area contributed by atoms with Crippen LogP contribution >= 0.6 is 11.8 Å². The Bertz CT molecular complexity index is 724. The van der Waals surface area contributed by atoms with Gasteiger partial charge in [-0.25, -0.2) is 8.42 Å². The van der Waals surface area contributed by atoms with Crippen molar-refractivity contribution >= 4 is 33.4 Å². The largest absolute Gasteiger partial charge is 0.351 e. The first-order chi connectivity index (χ1) is 11.6. The van der Waals surface area contributed by atoms with Crippen LogP contribution in [0.2, 0.25) is 0 Å². The summed E-state index contributed by atoms with van der Waals surface area (Å²) in [6.07, 6.45) is 1.54. The van der Waals surface area contributed by atoms with Crippen LogP contribution in [0.1, 0.15) is 49.5 Å². The van der Waals surface area contributed by atoms with E-state index in [-0.39, 0.29) is 16.4 Å². The first kappa shape index (κ1) is 20.1. The lowest BCUT2D eigenvalue weighted by Gasteiger charge is -2.29. The molecule has 1 aromatic carbocycles. The van der Waals surface area contributed by atoms with Crippen molar-refractivity contribution in [2.24, 2.45) is 0 Å². The van der Waals surface area contributed by atoms with Gasteiger partial charge in [0.25, 0.3) is 5.91 Å². The van der Waals surface area contributed by atoms with E-state index in [1.54, 1.807) is 23.9 Å². The zero-order valence-electron chi connectivity index (χ0n) is 15.5. The van der Waals surface area contributed by atoms with Gasteiger partial charge in [-0.1, -0.05) is 26.8 Å². The van der Waals surface area contributed by atoms with E-state index in [0.29, 0.717) is 30.8 Å². The highest BCUT2D eigenvalue weighted by atomic mass is 32.2. The summed E-state index contributed by atoms with van der Waals surface area (Å²) in [4.78, 5) is 12.4. The number of nitrogens with zero attached hydrogens (tertiary/aromatic N) is 1. The minimum absolute atomic E-state index is 0.162. The highest BCUT2D eigenvalue weighted by molar-refractivity contribution is 8.00. The maximum atomic E-state index is 12.4. The van der Waals surface area contributed by atoms with Crippen LogP contribution in [0.15, 0.2) is 18.2 Å². The predicted octanol–water partition coefficient (Wildman–Crippen LogP) is 3.19. The molecule has 1 N–H and O–H groups in total. The zero-order chi connectivity index (χ0) is 18.7. The van der Waals surface area contributed by atoms with E-state index >= 15 is 0 Å². The van der Waals surface area contributed by atoms with Crippen LogP contribution in [0.5, 0.6) is 0 Å². The quantitative estimate of drug-likeness (QED) is 0.792. The highest BCUT2D eigenvalue weighted by Gasteiger charge is 2.27. The van der Waals surface area contributed by atoms with Gasteiger partial charge >= 0.3 is 0 Å². The molecular formula is C18H28N2O3S2. The number of anilines is 1. The van der Waals surface area contributed by atoms with Gasteiger partial charge in [0.15, 0.2) is 0 Å². The SMILES string of the molecule is Cc1ccc(C(=O)NCCSC(C)(C)C)cc1N1CCCCS1(=O)=O. The fourth-order valence-corrected chi connectivity index (χ4v) is 5.21. The van der Waals surface area contributed by atoms with Gasteiger partial charge in [0.2, 0.25) is 10.0 Å². The number of hydrogen-bond acceptors (Lipinski definition) is 4. The molecule has 0 unspecified atom stereocenters. The Balaban J connectivity index is 2.09. The third-order valence-electron chi connectivity index (χ3n) is 4.01. The van der Waals surface area contributed by atoms with Crippen LogP contribution in [-0.2, 0) is 10.0 Å². The van der Waals surface area contributed by atoms with E-state index < -0.39 is 10.0 Å². The summed E-state index contributed by atoms with van der Waals surface area (Å²) in [6.45, 7) is 9.38. The Morgan fingerprint density at radius 2 is 2.00 bits per heavy atom. The second-order valence-electron chi connectivity index (χ2n) is 7.31. The summed E-state index contributed by atoms with van der Waals surface area (Å²) in [7, 11) is -3.28. The Hall–Kier alpha value is -1.21. The second kappa shape index (κ2) is 7.99. The highest BCUT2D eigenvalue weighted by Crippen LogP contribution is 2.28. The zero-order valence-corrected chi connectivity index (χ0v) is 17.1. The van der Waals surface area contributed by atoms with Gasteiger partial charge in [-0.05, 0) is 37.5 Å². The average Bonchev–Trinajstić information content (AvgIpc) is 2.51. The van der Waals surface area contributed by atoms with E-state index in [0.717, 1.165) is 17.7 Å². The van der Waals surface area contributed by atoms with Crippen LogP contribution in [-0.4, -0.2) is 43.7 Å². The standard InChI is InChI=1S/C18H28N2O3S2/c1-14-7-8-15(17(21)19-9-11-24-18(2,3)4)13-16(14)20-10-5-6-12-25(20,22)23/h7-8,13H,5-6,9-12H2,1-4H3,(H,19,21). The molecular weight excluding hydrogens is 356 g/mol. The lowest BCUT2D eigenvalue weighted by Crippen LogP contribution is -2.38. The first-order valence-corrected chi connectivity index (χ1v) is 11.2. The molecule has 1 aliphatic rings. The van der Waals surface area contributed by atoms with Crippen LogP contribution in [0.3, 0.4) is 0 Å². The maximum absolute atomic E-state index is 12.4. The van der Waals surface area contributed by atoms with Crippen molar-refractivity contribution in [1.29, 1.82) is 0 Å². The number of benzene rings is 1. The number of rotatable bonds is 5. The van der Waals surface area contributed by atoms with Crippen LogP contribution in [0.25, 0.3) is 0 Å². The molecule has 7 heteroatoms. The summed E-state index contributed by atoms with van der Waals surface area (Å²) in [5.74, 6) is 0.853. The number of nitrogens with one attached hydrogen (secondary N) is 1. The van der Waals surface area contributed by atoms with Crippen LogP contribution in [0.4, 0.5) is 5.69 Å². The van der Waals surface area contributed by atoms with Gasteiger partial charge in [0, 0.05) is 29.2 Å². The lowest BCUT2D eigenvalue weighted by atomic mass is 10.1. The van der Waals surface area contributed by atoms with Crippen molar-refractivity contribution < 1.29 is 13.2 Å². The minimum atomic E-state index is -3.28. The molecule has 25 heavy (non-hydrogen) atoms. The van der Waals surface area contributed by atoms with Crippen molar-refractivity contribution in [2.75, 3.05) is 28.9 Å². The Kier molecular flexibility index (Phi) is 6.43. The van der Waals surface area contributed by atoms with Gasteiger partial charge in [0.1, 0.15) is 0 Å². The van der Waals surface area contributed by atoms with E-state index in [4.69, 9.17) is 0 Å². The Labute approximate surface area is 155 Å². The molecule has 1 aliphatic heterocycles. The Morgan fingerprint density at radius 1 is 1.28 bits per heavy atom. The summed E-state index contributed by atoms with van der Waals surface area (Å²) < 4.78 is 26.3. The first-order valence-electron chi connectivity index (χ1n) is 8.63. The number of carbonyl (C=O) groups excluding carboxylic acids is 1. The molecule has 0 aromatic heterocycles. The van der Waals surface area contributed by atoms with Crippen LogP contribution < -0.4 is 9.62 Å². The molecule has 0 spiro atoms. The summed E-state index contributed by atoms with van der Waals surface area (Å²) in [5.41, 5.74) is 1.99. The van der Waals surface area contributed by atoms with Crippen molar-refractivity contribution in [3.8, 4) is 0 Å². The number of hydrogen-bond donors (Lipinski definition) is 1. The van der Waals surface area contributed by atoms with E-state index in [2.05, 4.69) is 26.1 Å². The normalized spacial score (nSPS) is 17.4. The van der Waals surface area contributed by atoms with Crippen molar-refractivity contribution in [1.82, 2.24) is 5.32 Å². The lowest BCUT2D eigenvalue weighted by molar-refractivity contribution is 0.0956. The maximum Gasteiger partial charge on any atom is 0.251 e. The van der Waals surface area contributed by atoms with Gasteiger partial charge in [-0.3, -0.25) is 9.10 Å².